The number of benzene rings is 1. The van der Waals surface area contributed by atoms with E-state index in [1.165, 1.54) is 17.3 Å². The quantitative estimate of drug-likeness (QED) is 0.301. The number of carbonyl (C=O) groups excluding carboxylic acids is 1. The van der Waals surface area contributed by atoms with Crippen LogP contribution in [0.1, 0.15) is 47.3 Å². The molecule has 3 heterocycles. The molecule has 0 bridgehead atoms. The Morgan fingerprint density at radius 2 is 1.74 bits per heavy atom. The van der Waals surface area contributed by atoms with E-state index in [2.05, 4.69) is 9.97 Å². The van der Waals surface area contributed by atoms with Gasteiger partial charge in [-0.1, -0.05) is 37.1 Å². The molecule has 0 saturated heterocycles. The van der Waals surface area contributed by atoms with Crippen LogP contribution in [0, 0.1) is 5.92 Å². The summed E-state index contributed by atoms with van der Waals surface area (Å²) in [6.45, 7) is 0. The number of rotatable bonds is 7. The molecule has 0 aliphatic heterocycles. The van der Waals surface area contributed by atoms with Gasteiger partial charge in [0, 0.05) is 24.0 Å². The van der Waals surface area contributed by atoms with Crippen molar-refractivity contribution in [1.29, 1.82) is 0 Å². The Labute approximate surface area is 223 Å². The Morgan fingerprint density at radius 1 is 1.03 bits per heavy atom. The summed E-state index contributed by atoms with van der Waals surface area (Å²) in [5.41, 5.74) is 2.68. The van der Waals surface area contributed by atoms with E-state index in [1.54, 1.807) is 61.0 Å². The number of ether oxygens (including phenoxy) is 1. The molecule has 196 valence electrons. The van der Waals surface area contributed by atoms with Gasteiger partial charge >= 0.3 is 5.97 Å². The SMILES string of the molecule is COC(=O)c1cnc2c(c1)cc(C=C(c1ccc(S(C)=O)nc1)C1CCCC1)n2S(=O)(=O)c1ccccc1. The second-order valence-electron chi connectivity index (χ2n) is 9.20. The van der Waals surface area contributed by atoms with E-state index >= 15 is 0 Å². The van der Waals surface area contributed by atoms with E-state index in [0.717, 1.165) is 36.8 Å². The zero-order chi connectivity index (χ0) is 26.9. The zero-order valence-electron chi connectivity index (χ0n) is 21.0. The molecule has 1 unspecified atom stereocenters. The molecular formula is C28H27N3O5S2. The van der Waals surface area contributed by atoms with Crippen molar-refractivity contribution in [2.75, 3.05) is 13.4 Å². The molecule has 1 aliphatic rings. The molecule has 0 radical (unpaired) electrons. The fourth-order valence-electron chi connectivity index (χ4n) is 4.93. The van der Waals surface area contributed by atoms with Crippen LogP contribution in [0.25, 0.3) is 22.7 Å². The van der Waals surface area contributed by atoms with Crippen LogP contribution in [0.2, 0.25) is 0 Å². The van der Waals surface area contributed by atoms with E-state index in [9.17, 15) is 17.4 Å². The number of pyridine rings is 2. The van der Waals surface area contributed by atoms with Gasteiger partial charge in [0.2, 0.25) is 0 Å². The molecule has 0 amide bonds. The maximum Gasteiger partial charge on any atom is 0.339 e. The fraction of sp³-hybridized carbons (Fsp3) is 0.250. The average molecular weight is 550 g/mol. The number of nitrogens with zero attached hydrogens (tertiary/aromatic N) is 3. The van der Waals surface area contributed by atoms with Crippen molar-refractivity contribution in [2.24, 2.45) is 5.92 Å². The van der Waals surface area contributed by atoms with Crippen molar-refractivity contribution < 1.29 is 22.2 Å². The molecule has 8 nitrogen and oxygen atoms in total. The molecule has 1 saturated carbocycles. The molecule has 1 fully saturated rings. The Bertz CT molecular complexity index is 1650. The standard InChI is InChI=1S/C28H27N3O5S2/c1-36-28(32)22-14-21-15-23(31(27(21)30-18-22)38(34,35)24-10-4-3-5-11-24)16-25(19-8-6-7-9-19)20-12-13-26(29-17-20)37(2)33/h3-5,10-19H,6-9H2,1-2H3. The summed E-state index contributed by atoms with van der Waals surface area (Å²) in [6, 6.07) is 15.1. The van der Waals surface area contributed by atoms with Crippen LogP contribution in [-0.2, 0) is 25.6 Å². The highest BCUT2D eigenvalue weighted by Gasteiger charge is 2.26. The summed E-state index contributed by atoms with van der Waals surface area (Å²) >= 11 is 0. The molecule has 0 spiro atoms. The van der Waals surface area contributed by atoms with Gasteiger partial charge in [-0.05, 0) is 66.3 Å². The number of hydrogen-bond acceptors (Lipinski definition) is 7. The molecule has 38 heavy (non-hydrogen) atoms. The number of esters is 1. The van der Waals surface area contributed by atoms with Gasteiger partial charge in [-0.15, -0.1) is 0 Å². The maximum absolute atomic E-state index is 13.9. The first kappa shape index (κ1) is 26.0. The van der Waals surface area contributed by atoms with Gasteiger partial charge in [0.15, 0.2) is 5.65 Å². The topological polar surface area (TPSA) is 108 Å². The number of carbonyl (C=O) groups is 1. The van der Waals surface area contributed by atoms with E-state index in [4.69, 9.17) is 4.74 Å². The first-order valence-corrected chi connectivity index (χ1v) is 15.2. The maximum atomic E-state index is 13.9. The van der Waals surface area contributed by atoms with E-state index < -0.39 is 26.8 Å². The van der Waals surface area contributed by atoms with Crippen molar-refractivity contribution in [3.05, 3.63) is 83.8 Å². The third-order valence-corrected chi connectivity index (χ3v) is 9.35. The highest BCUT2D eigenvalue weighted by Crippen LogP contribution is 2.39. The first-order valence-electron chi connectivity index (χ1n) is 12.2. The number of methoxy groups -OCH3 is 1. The number of hydrogen-bond donors (Lipinski definition) is 0. The molecule has 0 N–H and O–H groups in total. The van der Waals surface area contributed by atoms with Crippen molar-refractivity contribution >= 4 is 49.5 Å². The lowest BCUT2D eigenvalue weighted by Gasteiger charge is -2.16. The minimum atomic E-state index is -4.02. The van der Waals surface area contributed by atoms with Crippen LogP contribution in [0.15, 0.2) is 76.9 Å². The van der Waals surface area contributed by atoms with Gasteiger partial charge < -0.3 is 4.74 Å². The molecule has 1 aliphatic carbocycles. The molecule has 5 rings (SSSR count). The second kappa shape index (κ2) is 10.6. The van der Waals surface area contributed by atoms with Crippen molar-refractivity contribution in [3.63, 3.8) is 0 Å². The average Bonchev–Trinajstić information content (AvgIpc) is 3.59. The summed E-state index contributed by atoms with van der Waals surface area (Å²) in [4.78, 5) is 21.0. The fourth-order valence-corrected chi connectivity index (χ4v) is 6.86. The van der Waals surface area contributed by atoms with Gasteiger partial charge in [-0.25, -0.2) is 27.2 Å². The van der Waals surface area contributed by atoms with Gasteiger partial charge in [0.25, 0.3) is 10.0 Å². The van der Waals surface area contributed by atoms with E-state index in [-0.39, 0.29) is 22.0 Å². The summed E-state index contributed by atoms with van der Waals surface area (Å²) < 4.78 is 45.8. The monoisotopic (exact) mass is 549 g/mol. The minimum Gasteiger partial charge on any atom is -0.465 e. The van der Waals surface area contributed by atoms with Gasteiger partial charge in [0.05, 0.1) is 34.1 Å². The molecule has 10 heteroatoms. The normalized spacial score (nSPS) is 15.6. The van der Waals surface area contributed by atoms with Crippen molar-refractivity contribution in [1.82, 2.24) is 13.9 Å². The van der Waals surface area contributed by atoms with Gasteiger partial charge in [0.1, 0.15) is 5.03 Å². The molecule has 1 atom stereocenters. The van der Waals surface area contributed by atoms with Crippen molar-refractivity contribution in [3.8, 4) is 0 Å². The second-order valence-corrected chi connectivity index (χ2v) is 12.3. The number of fused-ring (bicyclic) bond motifs is 1. The summed E-state index contributed by atoms with van der Waals surface area (Å²) in [5.74, 6) is -0.333. The predicted molar refractivity (Wildman–Crippen MR) is 146 cm³/mol. The van der Waals surface area contributed by atoms with Gasteiger partial charge in [-0.2, -0.15) is 0 Å². The Hall–Kier alpha value is -3.63. The highest BCUT2D eigenvalue weighted by atomic mass is 32.2. The van der Waals surface area contributed by atoms with Crippen LogP contribution in [0.4, 0.5) is 0 Å². The summed E-state index contributed by atoms with van der Waals surface area (Å²) in [5, 5.41) is 0.985. The van der Waals surface area contributed by atoms with Gasteiger partial charge in [-0.3, -0.25) is 4.21 Å². The molecule has 3 aromatic heterocycles. The largest absolute Gasteiger partial charge is 0.465 e. The van der Waals surface area contributed by atoms with E-state index in [0.29, 0.717) is 16.1 Å². The smallest absolute Gasteiger partial charge is 0.339 e. The van der Waals surface area contributed by atoms with Crippen LogP contribution in [0.5, 0.6) is 0 Å². The number of aromatic nitrogens is 3. The molecule has 4 aromatic rings. The Kier molecular flexibility index (Phi) is 7.27. The highest BCUT2D eigenvalue weighted by molar-refractivity contribution is 7.90. The Morgan fingerprint density at radius 3 is 2.37 bits per heavy atom. The zero-order valence-corrected chi connectivity index (χ0v) is 22.7. The van der Waals surface area contributed by atoms with E-state index in [1.807, 2.05) is 12.1 Å². The summed E-state index contributed by atoms with van der Waals surface area (Å²) in [7, 11) is -3.94. The van der Waals surface area contributed by atoms with Crippen molar-refractivity contribution in [2.45, 2.75) is 35.6 Å². The van der Waals surface area contributed by atoms with Crippen LogP contribution < -0.4 is 0 Å². The van der Waals surface area contributed by atoms with Crippen LogP contribution in [0.3, 0.4) is 0 Å². The third-order valence-electron chi connectivity index (χ3n) is 6.79. The third kappa shape index (κ3) is 4.93. The van der Waals surface area contributed by atoms with Crippen LogP contribution >= 0.6 is 0 Å². The lowest BCUT2D eigenvalue weighted by atomic mass is 9.91. The molecule has 1 aromatic carbocycles. The number of allylic oxidation sites excluding steroid dienone is 1. The van der Waals surface area contributed by atoms with Crippen LogP contribution in [-0.4, -0.2) is 45.9 Å². The lowest BCUT2D eigenvalue weighted by molar-refractivity contribution is 0.0600. The predicted octanol–water partition coefficient (Wildman–Crippen LogP) is 4.92. The minimum absolute atomic E-state index is 0.129. The summed E-state index contributed by atoms with van der Waals surface area (Å²) in [6.07, 6.45) is 10.6. The Balaban J connectivity index is 1.75. The lowest BCUT2D eigenvalue weighted by Crippen LogP contribution is -2.15. The molecular weight excluding hydrogens is 522 g/mol. The first-order chi connectivity index (χ1) is 18.3.